The Bertz CT molecular complexity index is 3010. The number of cyclic esters (lactones) is 1. The van der Waals surface area contributed by atoms with Crippen LogP contribution >= 0.6 is 11.6 Å². The molecule has 9 atom stereocenters. The first-order chi connectivity index (χ1) is 41.6. The van der Waals surface area contributed by atoms with Crippen LogP contribution in [0.5, 0.6) is 5.75 Å². The van der Waals surface area contributed by atoms with E-state index in [9.17, 15) is 56.4 Å². The van der Waals surface area contributed by atoms with Crippen LogP contribution in [0.3, 0.4) is 0 Å². The molecule has 2 heterocycles. The number of ether oxygens (including phenoxy) is 4. The van der Waals surface area contributed by atoms with Gasteiger partial charge in [0.05, 0.1) is 35.8 Å². The third kappa shape index (κ3) is 24.8. The molecule has 2 aliphatic rings. The van der Waals surface area contributed by atoms with Gasteiger partial charge in [-0.2, -0.15) is 8.42 Å². The van der Waals surface area contributed by atoms with Crippen molar-refractivity contribution in [1.82, 2.24) is 42.1 Å². The third-order valence-corrected chi connectivity index (χ3v) is 16.2. The van der Waals surface area contributed by atoms with Gasteiger partial charge >= 0.3 is 11.9 Å². The zero-order valence-corrected chi connectivity index (χ0v) is 54.2. The number of esters is 2. The number of carbonyl (C=O) groups excluding carboxylic acids is 10. The van der Waals surface area contributed by atoms with Gasteiger partial charge in [-0.25, -0.2) is 4.79 Å². The van der Waals surface area contributed by atoms with Gasteiger partial charge in [-0.1, -0.05) is 102 Å². The topological polar surface area (TPSA) is 353 Å². The van der Waals surface area contributed by atoms with E-state index in [0.29, 0.717) is 21.9 Å². The molecule has 25 nitrogen and oxygen atoms in total. The molecule has 4 rings (SSSR count). The normalized spacial score (nSPS) is 21.2. The summed E-state index contributed by atoms with van der Waals surface area (Å²) in [6.45, 7) is 20.2. The van der Waals surface area contributed by atoms with Gasteiger partial charge in [-0.05, 0) is 80.3 Å². The summed E-state index contributed by atoms with van der Waals surface area (Å²) in [5.41, 5.74) is 0.472. The molecule has 0 aromatic heterocycles. The predicted molar refractivity (Wildman–Crippen MR) is 330 cm³/mol. The molecular formula is C62H89ClN8O17S. The van der Waals surface area contributed by atoms with Crippen LogP contribution in [0.4, 0.5) is 0 Å². The lowest BCUT2D eigenvalue weighted by Crippen LogP contribution is -2.58. The molecule has 1 saturated heterocycles. The minimum Gasteiger partial charge on any atom is -0.495 e. The molecule has 0 bridgehead atoms. The minimum atomic E-state index is -4.32. The van der Waals surface area contributed by atoms with E-state index in [0.717, 1.165) is 5.56 Å². The number of nitrogens with zero attached hydrogens (tertiary/aromatic N) is 1. The number of epoxide rings is 1. The zero-order chi connectivity index (χ0) is 66.6. The second-order valence-electron chi connectivity index (χ2n) is 24.4. The molecule has 0 saturated carbocycles. The molecule has 0 spiro atoms. The van der Waals surface area contributed by atoms with E-state index in [4.69, 9.17) is 35.1 Å². The van der Waals surface area contributed by atoms with Gasteiger partial charge in [0, 0.05) is 70.2 Å². The van der Waals surface area contributed by atoms with E-state index >= 15 is 0 Å². The lowest BCUT2D eigenvalue weighted by atomic mass is 9.82. The molecule has 1 unspecified atom stereocenters. The molecular weight excluding hydrogens is 1200 g/mol. The van der Waals surface area contributed by atoms with Crippen molar-refractivity contribution in [2.75, 3.05) is 39.1 Å². The number of halogens is 1. The summed E-state index contributed by atoms with van der Waals surface area (Å²) >= 11 is 6.42. The van der Waals surface area contributed by atoms with Gasteiger partial charge in [0.25, 0.3) is 10.1 Å². The number of benzene rings is 2. The van der Waals surface area contributed by atoms with Crippen molar-refractivity contribution in [2.45, 2.75) is 169 Å². The highest BCUT2D eigenvalue weighted by atomic mass is 35.5. The maximum absolute atomic E-state index is 14.3. The first-order valence-corrected chi connectivity index (χ1v) is 31.6. The Morgan fingerprint density at radius 3 is 2.16 bits per heavy atom. The van der Waals surface area contributed by atoms with Crippen LogP contribution < -0.4 is 42.0 Å². The highest BCUT2D eigenvalue weighted by Crippen LogP contribution is 2.45. The summed E-state index contributed by atoms with van der Waals surface area (Å²) in [6, 6.07) is 7.26. The van der Waals surface area contributed by atoms with E-state index in [1.54, 1.807) is 71.0 Å². The molecule has 1 fully saturated rings. The standard InChI is InChI=1S/C62H89ClN8O17S/c1-13-30-86-52(76)26-29-71(51(75)24-23-48(72)64-27-31-89(82,83)84)28-25-50(74)70-53(36(2)3)58(79)66-38(5)56(77)65-35-40-17-20-42(21-18-40)55-54(88-55)37(4)46-15-14-16-49(73)68-44(33-41-19-22-47(85-12)43(63)32-41)57(78)67-39(6)62(10,11)60(81)69-45(59(80)87-46)34-61(7,8)9/h13-14,16-22,32,36-39,44-46,53-55H,1,15,23-31,33-35H2,2-12H3,(H,64,72)(H,65,77)(H,66,79)(H,67,78)(H,68,73)(H,69,81)(H,70,74)(H,82,83,84)/b16-14+/t37-,38-,39-,44?,45-,46-,53-,54+,55+/m0/s1. The highest BCUT2D eigenvalue weighted by molar-refractivity contribution is 7.85. The van der Waals surface area contributed by atoms with Crippen molar-refractivity contribution in [1.29, 1.82) is 0 Å². The monoisotopic (exact) mass is 1280 g/mol. The Kier molecular flexibility index (Phi) is 28.3. The first-order valence-electron chi connectivity index (χ1n) is 29.6. The molecule has 492 valence electrons. The first kappa shape index (κ1) is 74.0. The maximum atomic E-state index is 14.3. The molecule has 89 heavy (non-hydrogen) atoms. The number of methoxy groups -OCH3 is 1. The molecule has 8 amide bonds. The van der Waals surface area contributed by atoms with Gasteiger partial charge in [0.15, 0.2) is 0 Å². The van der Waals surface area contributed by atoms with Crippen LogP contribution in [0.25, 0.3) is 0 Å². The molecule has 0 radical (unpaired) electrons. The van der Waals surface area contributed by atoms with Crippen molar-refractivity contribution in [3.63, 3.8) is 0 Å². The molecule has 8 N–H and O–H groups in total. The minimum absolute atomic E-state index is 0.0582. The second kappa shape index (κ2) is 34.0. The van der Waals surface area contributed by atoms with Crippen molar-refractivity contribution in [3.8, 4) is 5.75 Å². The Labute approximate surface area is 526 Å². The Morgan fingerprint density at radius 1 is 0.876 bits per heavy atom. The molecule has 2 aromatic rings. The van der Waals surface area contributed by atoms with Crippen molar-refractivity contribution in [2.24, 2.45) is 22.7 Å². The van der Waals surface area contributed by atoms with Gasteiger partial charge in [0.1, 0.15) is 48.7 Å². The highest BCUT2D eigenvalue weighted by Gasteiger charge is 2.48. The van der Waals surface area contributed by atoms with Crippen molar-refractivity contribution in [3.05, 3.63) is 89.0 Å². The smallest absolute Gasteiger partial charge is 0.328 e. The summed E-state index contributed by atoms with van der Waals surface area (Å²) < 4.78 is 53.6. The molecule has 0 aliphatic carbocycles. The van der Waals surface area contributed by atoms with Crippen LogP contribution in [0, 0.1) is 22.7 Å². The predicted octanol–water partition coefficient (Wildman–Crippen LogP) is 3.86. The molecule has 2 aromatic carbocycles. The van der Waals surface area contributed by atoms with Crippen LogP contribution in [-0.4, -0.2) is 159 Å². The lowest BCUT2D eigenvalue weighted by Gasteiger charge is -2.35. The molecule has 2 aliphatic heterocycles. The fraction of sp³-hybridized carbons (Fsp3) is 0.581. The average molecular weight is 1290 g/mol. The number of hydrogen-bond donors (Lipinski definition) is 8. The maximum Gasteiger partial charge on any atom is 0.328 e. The van der Waals surface area contributed by atoms with Gasteiger partial charge in [-0.3, -0.25) is 47.7 Å². The van der Waals surface area contributed by atoms with Crippen LogP contribution in [0.1, 0.15) is 131 Å². The third-order valence-electron chi connectivity index (χ3n) is 15.2. The zero-order valence-electron chi connectivity index (χ0n) is 52.7. The van der Waals surface area contributed by atoms with Crippen molar-refractivity contribution >= 4 is 80.9 Å². The second-order valence-corrected chi connectivity index (χ2v) is 26.4. The summed E-state index contributed by atoms with van der Waals surface area (Å²) in [5.74, 6) is -7.18. The summed E-state index contributed by atoms with van der Waals surface area (Å²) in [7, 11) is -2.84. The number of nitrogens with one attached hydrogen (secondary N) is 7. The van der Waals surface area contributed by atoms with E-state index in [1.807, 2.05) is 39.8 Å². The largest absolute Gasteiger partial charge is 0.495 e. The van der Waals surface area contributed by atoms with Crippen LogP contribution in [0.2, 0.25) is 5.02 Å². The van der Waals surface area contributed by atoms with Gasteiger partial charge in [-0.15, -0.1) is 0 Å². The van der Waals surface area contributed by atoms with E-state index in [1.165, 1.54) is 31.1 Å². The van der Waals surface area contributed by atoms with Gasteiger partial charge < -0.3 is 61.1 Å². The van der Waals surface area contributed by atoms with Gasteiger partial charge in [0.2, 0.25) is 47.3 Å². The number of rotatable bonds is 28. The summed E-state index contributed by atoms with van der Waals surface area (Å²) in [4.78, 5) is 135. The Balaban J connectivity index is 1.39. The summed E-state index contributed by atoms with van der Waals surface area (Å²) in [6.07, 6.45) is 1.61. The number of hydrogen-bond acceptors (Lipinski definition) is 16. The van der Waals surface area contributed by atoms with Crippen LogP contribution in [-0.2, 0) is 85.2 Å². The summed E-state index contributed by atoms with van der Waals surface area (Å²) in [5, 5.41) is 19.3. The molecule has 27 heteroatoms. The fourth-order valence-corrected chi connectivity index (χ4v) is 10.0. The van der Waals surface area contributed by atoms with E-state index in [2.05, 4.69) is 43.8 Å². The lowest BCUT2D eigenvalue weighted by molar-refractivity contribution is -0.157. The average Bonchev–Trinajstić information content (AvgIpc) is 1.88. The quantitative estimate of drug-likeness (QED) is 0.0259. The Hall–Kier alpha value is -7.42. The Morgan fingerprint density at radius 2 is 1.54 bits per heavy atom. The number of amides is 8. The SMILES string of the molecule is C=CCOC(=O)CCN(CCC(=O)N[C@H](C(=O)N[C@@H](C)C(=O)NCc1ccc([C@H]2O[C@@H]2[C@@H](C)[C@@H]2C/C=C/C(=O)NC(Cc3ccc(OC)c(Cl)c3)C(=O)N[C@@H](C)C(C)(C)C(=O)N[C@@H](CC(C)(C)C)C(=O)O2)cc1)C(C)C)C(=O)CCC(=O)NCCS(=O)(=O)O. The van der Waals surface area contributed by atoms with E-state index in [-0.39, 0.29) is 77.7 Å². The van der Waals surface area contributed by atoms with Crippen LogP contribution in [0.15, 0.2) is 67.3 Å². The van der Waals surface area contributed by atoms with E-state index < -0.39 is 146 Å². The fourth-order valence-electron chi connectivity index (χ4n) is 9.41. The number of carbonyl (C=O) groups is 10. The van der Waals surface area contributed by atoms with Crippen molar-refractivity contribution < 1.29 is 79.9 Å².